The van der Waals surface area contributed by atoms with E-state index in [0.717, 1.165) is 5.82 Å². The van der Waals surface area contributed by atoms with Crippen LogP contribution < -0.4 is 0 Å². The van der Waals surface area contributed by atoms with Gasteiger partial charge in [0.1, 0.15) is 10.9 Å². The third-order valence-corrected chi connectivity index (χ3v) is 3.36. The Morgan fingerprint density at radius 2 is 2.26 bits per heavy atom. The fourth-order valence-corrected chi connectivity index (χ4v) is 2.38. The minimum absolute atomic E-state index is 0.105. The van der Waals surface area contributed by atoms with E-state index in [-0.39, 0.29) is 5.76 Å². The van der Waals surface area contributed by atoms with Crippen molar-refractivity contribution in [3.05, 3.63) is 36.1 Å². The predicted molar refractivity (Wildman–Crippen MR) is 65.3 cm³/mol. The number of carboxylic acids is 1. The first-order valence-electron chi connectivity index (χ1n) is 5.32. The third kappa shape index (κ3) is 2.06. The summed E-state index contributed by atoms with van der Waals surface area (Å²) < 4.78 is 6.97. The van der Waals surface area contributed by atoms with Crippen LogP contribution in [-0.4, -0.2) is 30.7 Å². The lowest BCUT2D eigenvalue weighted by atomic mass is 10.5. The molecule has 3 rings (SSSR count). The van der Waals surface area contributed by atoms with Crippen LogP contribution in [0.3, 0.4) is 0 Å². The molecule has 0 fully saturated rings. The first-order valence-corrected chi connectivity index (χ1v) is 6.14. The lowest BCUT2D eigenvalue weighted by molar-refractivity contribution is 0.0656. The minimum Gasteiger partial charge on any atom is -0.475 e. The minimum atomic E-state index is -1.10. The molecule has 19 heavy (non-hydrogen) atoms. The van der Waals surface area contributed by atoms with Crippen LogP contribution >= 0.6 is 11.8 Å². The molecular formula is C11H8N4O3S. The average molecular weight is 276 g/mol. The Morgan fingerprint density at radius 1 is 1.42 bits per heavy atom. The van der Waals surface area contributed by atoms with E-state index < -0.39 is 5.97 Å². The van der Waals surface area contributed by atoms with Gasteiger partial charge in [-0.3, -0.25) is 4.40 Å². The molecule has 3 aromatic rings. The highest BCUT2D eigenvalue weighted by Crippen LogP contribution is 2.30. The maximum absolute atomic E-state index is 10.7. The fourth-order valence-electron chi connectivity index (χ4n) is 1.58. The van der Waals surface area contributed by atoms with Crippen molar-refractivity contribution in [2.45, 2.75) is 17.0 Å². The third-order valence-electron chi connectivity index (χ3n) is 2.45. The summed E-state index contributed by atoms with van der Waals surface area (Å²) in [6, 6.07) is 2.99. The van der Waals surface area contributed by atoms with Crippen molar-refractivity contribution in [2.75, 3.05) is 0 Å². The number of furan rings is 1. The number of carbonyl (C=O) groups is 1. The van der Waals surface area contributed by atoms with E-state index in [1.165, 1.54) is 17.8 Å². The van der Waals surface area contributed by atoms with E-state index in [2.05, 4.69) is 15.2 Å². The molecule has 0 unspecified atom stereocenters. The molecule has 8 heteroatoms. The molecule has 0 spiro atoms. The SMILES string of the molecule is Cc1nnc2c(Sc3ccc(C(=O)O)o3)nccn12. The molecule has 0 aliphatic heterocycles. The van der Waals surface area contributed by atoms with E-state index in [1.807, 2.05) is 6.92 Å². The monoisotopic (exact) mass is 276 g/mol. The van der Waals surface area contributed by atoms with Crippen LogP contribution in [-0.2, 0) is 0 Å². The van der Waals surface area contributed by atoms with Gasteiger partial charge < -0.3 is 9.52 Å². The molecule has 0 aromatic carbocycles. The molecule has 3 heterocycles. The zero-order valence-corrected chi connectivity index (χ0v) is 10.6. The van der Waals surface area contributed by atoms with Gasteiger partial charge in [0.15, 0.2) is 10.7 Å². The number of nitrogens with zero attached hydrogens (tertiary/aromatic N) is 4. The molecule has 0 bridgehead atoms. The molecule has 0 amide bonds. The number of hydrogen-bond donors (Lipinski definition) is 1. The maximum Gasteiger partial charge on any atom is 0.371 e. The molecule has 0 radical (unpaired) electrons. The Hall–Kier alpha value is -2.35. The van der Waals surface area contributed by atoms with Gasteiger partial charge in [-0.25, -0.2) is 9.78 Å². The standard InChI is InChI=1S/C11H8N4O3S/c1-6-13-14-9-10(12-4-5-15(6)9)19-8-3-2-7(18-8)11(16)17/h2-5H,1H3,(H,16,17). The second kappa shape index (κ2) is 4.39. The first kappa shape index (κ1) is 11.7. The first-order chi connectivity index (χ1) is 9.15. The van der Waals surface area contributed by atoms with Crippen molar-refractivity contribution >= 4 is 23.4 Å². The van der Waals surface area contributed by atoms with E-state index in [0.29, 0.717) is 15.8 Å². The quantitative estimate of drug-likeness (QED) is 0.780. The number of aromatic carboxylic acids is 1. The summed E-state index contributed by atoms with van der Waals surface area (Å²) in [5.74, 6) is -0.451. The summed E-state index contributed by atoms with van der Waals surface area (Å²) in [6.07, 6.45) is 3.40. The van der Waals surface area contributed by atoms with Gasteiger partial charge in [0.25, 0.3) is 0 Å². The molecule has 0 saturated carbocycles. The van der Waals surface area contributed by atoms with Crippen molar-refractivity contribution in [1.29, 1.82) is 0 Å². The smallest absolute Gasteiger partial charge is 0.371 e. The van der Waals surface area contributed by atoms with Gasteiger partial charge in [0.05, 0.1) is 0 Å². The van der Waals surface area contributed by atoms with Gasteiger partial charge in [-0.2, -0.15) is 0 Å². The molecule has 3 aromatic heterocycles. The molecule has 96 valence electrons. The Bertz CT molecular complexity index is 764. The Kier molecular flexibility index (Phi) is 2.71. The Morgan fingerprint density at radius 3 is 3.00 bits per heavy atom. The van der Waals surface area contributed by atoms with Crippen LogP contribution in [0.2, 0.25) is 0 Å². The summed E-state index contributed by atoms with van der Waals surface area (Å²) in [7, 11) is 0. The normalized spacial score (nSPS) is 11.0. The Labute approximate surface area is 111 Å². The highest BCUT2D eigenvalue weighted by atomic mass is 32.2. The Balaban J connectivity index is 1.98. The molecule has 1 N–H and O–H groups in total. The van der Waals surface area contributed by atoms with Crippen LogP contribution in [0, 0.1) is 6.92 Å². The number of rotatable bonds is 3. The van der Waals surface area contributed by atoms with Gasteiger partial charge in [-0.1, -0.05) is 0 Å². The predicted octanol–water partition coefficient (Wildman–Crippen LogP) is 1.88. The summed E-state index contributed by atoms with van der Waals surface area (Å²) in [6.45, 7) is 1.84. The van der Waals surface area contributed by atoms with Crippen molar-refractivity contribution < 1.29 is 14.3 Å². The van der Waals surface area contributed by atoms with Crippen molar-refractivity contribution in [2.24, 2.45) is 0 Å². The van der Waals surface area contributed by atoms with Gasteiger partial charge in [-0.15, -0.1) is 10.2 Å². The second-order valence-electron chi connectivity index (χ2n) is 3.70. The number of aromatic nitrogens is 4. The maximum atomic E-state index is 10.7. The van der Waals surface area contributed by atoms with E-state index in [1.54, 1.807) is 22.9 Å². The lowest BCUT2D eigenvalue weighted by Gasteiger charge is -1.99. The lowest BCUT2D eigenvalue weighted by Crippen LogP contribution is -1.92. The van der Waals surface area contributed by atoms with Gasteiger partial charge in [0, 0.05) is 12.4 Å². The van der Waals surface area contributed by atoms with E-state index in [4.69, 9.17) is 9.52 Å². The molecular weight excluding hydrogens is 268 g/mol. The van der Waals surface area contributed by atoms with Gasteiger partial charge in [-0.05, 0) is 30.8 Å². The summed E-state index contributed by atoms with van der Waals surface area (Å²) in [4.78, 5) is 14.9. The fraction of sp³-hybridized carbons (Fsp3) is 0.0909. The summed E-state index contributed by atoms with van der Waals surface area (Å²) >= 11 is 1.20. The van der Waals surface area contributed by atoms with Crippen LogP contribution in [0.25, 0.3) is 5.65 Å². The zero-order valence-electron chi connectivity index (χ0n) is 9.77. The van der Waals surface area contributed by atoms with Crippen LogP contribution in [0.5, 0.6) is 0 Å². The molecule has 0 aliphatic carbocycles. The largest absolute Gasteiger partial charge is 0.475 e. The topological polar surface area (TPSA) is 93.5 Å². The highest BCUT2D eigenvalue weighted by molar-refractivity contribution is 7.99. The van der Waals surface area contributed by atoms with Crippen molar-refractivity contribution in [1.82, 2.24) is 19.6 Å². The van der Waals surface area contributed by atoms with E-state index >= 15 is 0 Å². The zero-order chi connectivity index (χ0) is 13.4. The van der Waals surface area contributed by atoms with Crippen molar-refractivity contribution in [3.8, 4) is 0 Å². The van der Waals surface area contributed by atoms with Crippen molar-refractivity contribution in [3.63, 3.8) is 0 Å². The summed E-state index contributed by atoms with van der Waals surface area (Å²) in [5.41, 5.74) is 0.610. The molecule has 0 saturated heterocycles. The van der Waals surface area contributed by atoms with E-state index in [9.17, 15) is 4.79 Å². The van der Waals surface area contributed by atoms with Crippen LogP contribution in [0.1, 0.15) is 16.4 Å². The van der Waals surface area contributed by atoms with Gasteiger partial charge >= 0.3 is 5.97 Å². The second-order valence-corrected chi connectivity index (χ2v) is 4.69. The highest BCUT2D eigenvalue weighted by Gasteiger charge is 2.14. The number of hydrogen-bond acceptors (Lipinski definition) is 6. The molecule has 7 nitrogen and oxygen atoms in total. The van der Waals surface area contributed by atoms with Crippen LogP contribution in [0.15, 0.2) is 39.1 Å². The number of carboxylic acid groups (broad SMARTS) is 1. The summed E-state index contributed by atoms with van der Waals surface area (Å²) in [5, 5.41) is 17.8. The number of fused-ring (bicyclic) bond motifs is 1. The molecule has 0 aliphatic rings. The molecule has 0 atom stereocenters. The number of aryl methyl sites for hydroxylation is 1. The average Bonchev–Trinajstić information content (AvgIpc) is 2.98. The van der Waals surface area contributed by atoms with Crippen LogP contribution in [0.4, 0.5) is 0 Å². The van der Waals surface area contributed by atoms with Gasteiger partial charge in [0.2, 0.25) is 5.76 Å².